The molecule has 2 fully saturated rings. The fraction of sp³-hybridized carbons (Fsp3) is 0.588. The third-order valence-electron chi connectivity index (χ3n) is 5.09. The summed E-state index contributed by atoms with van der Waals surface area (Å²) in [6.07, 6.45) is -4.57. The highest BCUT2D eigenvalue weighted by Crippen LogP contribution is 2.33. The molecule has 0 spiro atoms. The lowest BCUT2D eigenvalue weighted by Crippen LogP contribution is -2.66. The van der Waals surface area contributed by atoms with E-state index in [2.05, 4.69) is 16.1 Å². The van der Waals surface area contributed by atoms with Gasteiger partial charge < -0.3 is 10.4 Å². The number of hydrazine groups is 1. The summed E-state index contributed by atoms with van der Waals surface area (Å²) in [5.41, 5.74) is 3.32. The number of amides is 1. The zero-order chi connectivity index (χ0) is 19.1. The predicted molar refractivity (Wildman–Crippen MR) is 88.9 cm³/mol. The second kappa shape index (κ2) is 7.15. The van der Waals surface area contributed by atoms with Crippen LogP contribution in [-0.4, -0.2) is 53.5 Å². The van der Waals surface area contributed by atoms with Gasteiger partial charge in [0.05, 0.1) is 24.4 Å². The van der Waals surface area contributed by atoms with Crippen LogP contribution in [0.3, 0.4) is 0 Å². The van der Waals surface area contributed by atoms with E-state index in [9.17, 15) is 23.1 Å². The molecule has 0 radical (unpaired) electrons. The molecular weight excluding hydrogens is 349 g/mol. The van der Waals surface area contributed by atoms with Gasteiger partial charge in [0.2, 0.25) is 5.91 Å². The quantitative estimate of drug-likeness (QED) is 0.629. The summed E-state index contributed by atoms with van der Waals surface area (Å²) in [5, 5.41) is 17.1. The molecule has 2 aliphatic heterocycles. The van der Waals surface area contributed by atoms with Gasteiger partial charge in [0.1, 0.15) is 6.04 Å². The summed E-state index contributed by atoms with van der Waals surface area (Å²) in [5.74, 6) is -0.275. The van der Waals surface area contributed by atoms with Crippen molar-refractivity contribution in [2.75, 3.05) is 13.2 Å². The minimum Gasteiger partial charge on any atom is -0.395 e. The zero-order valence-electron chi connectivity index (χ0n) is 14.5. The number of carbonyl (C=O) groups excluding carboxylic acids is 1. The maximum Gasteiger partial charge on any atom is 0.416 e. The lowest BCUT2D eigenvalue weighted by molar-refractivity contribution is -0.137. The van der Waals surface area contributed by atoms with Crippen LogP contribution in [0.25, 0.3) is 0 Å². The van der Waals surface area contributed by atoms with Crippen LogP contribution in [0.15, 0.2) is 24.3 Å². The van der Waals surface area contributed by atoms with Gasteiger partial charge in [-0.2, -0.15) is 13.2 Å². The van der Waals surface area contributed by atoms with E-state index in [-0.39, 0.29) is 43.2 Å². The number of aliphatic hydroxyl groups is 1. The number of fused-ring (bicyclic) bond motifs is 1. The first kappa shape index (κ1) is 19.1. The van der Waals surface area contributed by atoms with Crippen LogP contribution < -0.4 is 16.1 Å². The fourth-order valence-corrected chi connectivity index (χ4v) is 3.79. The van der Waals surface area contributed by atoms with E-state index in [1.54, 1.807) is 5.01 Å². The second-order valence-electron chi connectivity index (χ2n) is 6.85. The normalized spacial score (nSPS) is 30.8. The van der Waals surface area contributed by atoms with Gasteiger partial charge >= 0.3 is 6.18 Å². The van der Waals surface area contributed by atoms with Crippen LogP contribution >= 0.6 is 0 Å². The van der Waals surface area contributed by atoms with Crippen molar-refractivity contribution >= 4 is 5.91 Å². The number of β-amino-alcohol motifs (C(OH)–C–C–N with tert-alkyl or cyclic N) is 1. The van der Waals surface area contributed by atoms with E-state index in [0.717, 1.165) is 17.7 Å². The molecule has 0 aromatic heterocycles. The summed E-state index contributed by atoms with van der Waals surface area (Å²) >= 11 is 0. The number of nitrogens with one attached hydrogen (secondary N) is 3. The molecule has 4 N–H and O–H groups in total. The third-order valence-corrected chi connectivity index (χ3v) is 5.09. The highest BCUT2D eigenvalue weighted by Gasteiger charge is 2.50. The molecule has 6 nitrogen and oxygen atoms in total. The molecule has 2 aliphatic rings. The second-order valence-corrected chi connectivity index (χ2v) is 6.85. The zero-order valence-corrected chi connectivity index (χ0v) is 14.5. The average molecular weight is 372 g/mol. The molecule has 5 atom stereocenters. The Kier molecular flexibility index (Phi) is 5.25. The molecule has 1 amide bonds. The average Bonchev–Trinajstić information content (AvgIpc) is 2.92. The number of aliphatic hydroxyl groups excluding tert-OH is 1. The van der Waals surface area contributed by atoms with Crippen molar-refractivity contribution in [2.24, 2.45) is 0 Å². The Morgan fingerprint density at radius 1 is 1.27 bits per heavy atom. The lowest BCUT2D eigenvalue weighted by Gasteiger charge is -2.36. The van der Waals surface area contributed by atoms with Gasteiger partial charge in [0, 0.05) is 12.6 Å². The summed E-state index contributed by atoms with van der Waals surface area (Å²) in [4.78, 5) is 12.4. The molecule has 9 heteroatoms. The molecule has 1 aromatic carbocycles. The van der Waals surface area contributed by atoms with Crippen molar-refractivity contribution in [1.82, 2.24) is 21.1 Å². The van der Waals surface area contributed by atoms with Gasteiger partial charge in [0.15, 0.2) is 0 Å². The third kappa shape index (κ3) is 3.57. The van der Waals surface area contributed by atoms with Crippen LogP contribution in [0.4, 0.5) is 13.2 Å². The van der Waals surface area contributed by atoms with E-state index in [1.807, 2.05) is 13.8 Å². The first-order valence-corrected chi connectivity index (χ1v) is 8.59. The molecular formula is C17H23F3N4O2. The number of carbonyl (C=O) groups is 1. The minimum absolute atomic E-state index is 0.111. The summed E-state index contributed by atoms with van der Waals surface area (Å²) in [6.45, 7) is 3.92. The van der Waals surface area contributed by atoms with Crippen molar-refractivity contribution < 1.29 is 23.1 Å². The van der Waals surface area contributed by atoms with Gasteiger partial charge in [-0.05, 0) is 30.5 Å². The monoisotopic (exact) mass is 372 g/mol. The smallest absolute Gasteiger partial charge is 0.395 e. The number of hydrogen-bond donors (Lipinski definition) is 4. The standard InChI is InChI=1S/C17H23F3N4O2/c1-9(11-3-5-12(6-4-11)17(18,19)20)13-14-15(24(23-13)7-8-25)16(26)22-10(2)21-14/h3-6,9-10,13-15,21,23,25H,7-8H2,1-2H3,(H,22,26)/t9-,10?,13?,14?,15?/m0/s1. The Labute approximate surface area is 149 Å². The fourth-order valence-electron chi connectivity index (χ4n) is 3.79. The Balaban J connectivity index is 1.83. The molecule has 4 unspecified atom stereocenters. The van der Waals surface area contributed by atoms with Crippen LogP contribution in [-0.2, 0) is 11.0 Å². The molecule has 0 bridgehead atoms. The van der Waals surface area contributed by atoms with E-state index >= 15 is 0 Å². The molecule has 26 heavy (non-hydrogen) atoms. The molecule has 144 valence electrons. The van der Waals surface area contributed by atoms with Crippen LogP contribution in [0, 0.1) is 0 Å². The maximum atomic E-state index is 12.8. The van der Waals surface area contributed by atoms with E-state index in [1.165, 1.54) is 12.1 Å². The number of alkyl halides is 3. The Bertz CT molecular complexity index is 652. The van der Waals surface area contributed by atoms with E-state index < -0.39 is 17.8 Å². The Morgan fingerprint density at radius 2 is 1.92 bits per heavy atom. The molecule has 0 aliphatic carbocycles. The van der Waals surface area contributed by atoms with Gasteiger partial charge in [-0.25, -0.2) is 10.4 Å². The largest absolute Gasteiger partial charge is 0.416 e. The van der Waals surface area contributed by atoms with Crippen LogP contribution in [0.5, 0.6) is 0 Å². The first-order valence-electron chi connectivity index (χ1n) is 8.59. The Hall–Kier alpha value is -1.68. The number of rotatable bonds is 4. The van der Waals surface area contributed by atoms with E-state index in [4.69, 9.17) is 0 Å². The number of benzene rings is 1. The number of halogens is 3. The van der Waals surface area contributed by atoms with Crippen molar-refractivity contribution in [3.05, 3.63) is 35.4 Å². The van der Waals surface area contributed by atoms with Gasteiger partial charge in [-0.15, -0.1) is 0 Å². The SMILES string of the molecule is CC1NC(=O)C2C(N1)C([C@@H](C)c1ccc(C(F)(F)F)cc1)NN2CCO. The lowest BCUT2D eigenvalue weighted by atomic mass is 9.86. The van der Waals surface area contributed by atoms with Crippen molar-refractivity contribution in [1.29, 1.82) is 0 Å². The predicted octanol–water partition coefficient (Wildman–Crippen LogP) is 0.793. The van der Waals surface area contributed by atoms with E-state index in [0.29, 0.717) is 0 Å². The summed E-state index contributed by atoms with van der Waals surface area (Å²) in [6, 6.07) is 4.21. The van der Waals surface area contributed by atoms with Crippen molar-refractivity contribution in [2.45, 2.75) is 50.2 Å². The van der Waals surface area contributed by atoms with Crippen molar-refractivity contribution in [3.63, 3.8) is 0 Å². The van der Waals surface area contributed by atoms with Crippen LogP contribution in [0.1, 0.15) is 30.9 Å². The first-order chi connectivity index (χ1) is 12.2. The number of hydrogen-bond acceptors (Lipinski definition) is 5. The van der Waals surface area contributed by atoms with Crippen molar-refractivity contribution in [3.8, 4) is 0 Å². The topological polar surface area (TPSA) is 76.6 Å². The highest BCUT2D eigenvalue weighted by molar-refractivity contribution is 5.84. The summed E-state index contributed by atoms with van der Waals surface area (Å²) < 4.78 is 38.3. The summed E-state index contributed by atoms with van der Waals surface area (Å²) in [7, 11) is 0. The Morgan fingerprint density at radius 3 is 2.50 bits per heavy atom. The highest BCUT2D eigenvalue weighted by atomic mass is 19.4. The van der Waals surface area contributed by atoms with Crippen LogP contribution in [0.2, 0.25) is 0 Å². The molecule has 2 heterocycles. The molecule has 3 rings (SSSR count). The molecule has 1 aromatic rings. The van der Waals surface area contributed by atoms with Gasteiger partial charge in [0.25, 0.3) is 0 Å². The minimum atomic E-state index is -4.37. The molecule has 0 saturated carbocycles. The van der Waals surface area contributed by atoms with Gasteiger partial charge in [-0.3, -0.25) is 10.1 Å². The molecule has 2 saturated heterocycles. The number of nitrogens with zero attached hydrogens (tertiary/aromatic N) is 1. The maximum absolute atomic E-state index is 12.8. The van der Waals surface area contributed by atoms with Gasteiger partial charge in [-0.1, -0.05) is 19.1 Å².